The quantitative estimate of drug-likeness (QED) is 0.380. The molecule has 10 heteroatoms. The monoisotopic (exact) mass is 547 g/mol. The van der Waals surface area contributed by atoms with E-state index in [-0.39, 0.29) is 41.4 Å². The number of esters is 1. The average molecular weight is 548 g/mol. The van der Waals surface area contributed by atoms with Gasteiger partial charge in [-0.3, -0.25) is 0 Å². The molecule has 0 saturated heterocycles. The first-order valence-electron chi connectivity index (χ1n) is 13.7. The fourth-order valence-corrected chi connectivity index (χ4v) is 6.04. The molecule has 1 aromatic carbocycles. The van der Waals surface area contributed by atoms with Gasteiger partial charge in [-0.2, -0.15) is 10.2 Å². The Morgan fingerprint density at radius 3 is 2.75 bits per heavy atom. The molecule has 210 valence electrons. The minimum atomic E-state index is -1.02. The molecule has 0 radical (unpaired) electrons. The van der Waals surface area contributed by atoms with E-state index in [0.29, 0.717) is 30.0 Å². The molecule has 1 saturated carbocycles. The molecule has 0 bridgehead atoms. The summed E-state index contributed by atoms with van der Waals surface area (Å²) >= 11 is 0. The number of hydrogen-bond acceptors (Lipinski definition) is 8. The van der Waals surface area contributed by atoms with Crippen molar-refractivity contribution >= 4 is 11.7 Å². The van der Waals surface area contributed by atoms with Gasteiger partial charge in [0.2, 0.25) is 0 Å². The zero-order valence-electron chi connectivity index (χ0n) is 23.3. The van der Waals surface area contributed by atoms with E-state index in [9.17, 15) is 15.2 Å². The Morgan fingerprint density at radius 1 is 1.32 bits per heavy atom. The van der Waals surface area contributed by atoms with Crippen molar-refractivity contribution in [3.8, 4) is 11.8 Å². The van der Waals surface area contributed by atoms with Crippen molar-refractivity contribution in [2.75, 3.05) is 7.11 Å². The second-order valence-electron chi connectivity index (χ2n) is 11.5. The highest BCUT2D eigenvalue weighted by atomic mass is 19.1. The number of cyclic esters (lactones) is 1. The van der Waals surface area contributed by atoms with Crippen molar-refractivity contribution in [2.45, 2.75) is 83.2 Å². The van der Waals surface area contributed by atoms with Gasteiger partial charge in [-0.15, -0.1) is 5.10 Å². The maximum absolute atomic E-state index is 15.4. The Morgan fingerprint density at radius 2 is 2.08 bits per heavy atom. The van der Waals surface area contributed by atoms with Crippen LogP contribution in [0.1, 0.15) is 74.9 Å². The number of ether oxygens (including phenoxy) is 2. The standard InChI is InChI=1S/C30H34FN5O4/c1-18-15-33-28-34-24(35-36(28)16-18)13-21-23(37)14-30(40-27(21)38,20-7-5-6-8-20)12-11-19-9-10-22(29(2,3)17-32)25(31)26(19)39-4/h9-10,15-16,20,37H,5-8,11-14H2,1-4H3. The minimum Gasteiger partial charge on any atom is -0.512 e. The van der Waals surface area contributed by atoms with Crippen LogP contribution in [0.2, 0.25) is 0 Å². The molecule has 40 heavy (non-hydrogen) atoms. The van der Waals surface area contributed by atoms with Crippen molar-refractivity contribution in [3.05, 3.63) is 64.2 Å². The highest BCUT2D eigenvalue weighted by molar-refractivity contribution is 5.90. The number of fused-ring (bicyclic) bond motifs is 1. The number of nitrogens with zero attached hydrogens (tertiary/aromatic N) is 5. The van der Waals surface area contributed by atoms with Crippen LogP contribution >= 0.6 is 0 Å². The van der Waals surface area contributed by atoms with E-state index in [2.05, 4.69) is 21.1 Å². The van der Waals surface area contributed by atoms with Crippen molar-refractivity contribution < 1.29 is 23.8 Å². The van der Waals surface area contributed by atoms with Crippen LogP contribution in [0.15, 0.2) is 35.9 Å². The van der Waals surface area contributed by atoms with Gasteiger partial charge in [-0.1, -0.05) is 25.0 Å². The van der Waals surface area contributed by atoms with Crippen LogP contribution < -0.4 is 4.74 Å². The van der Waals surface area contributed by atoms with Crippen molar-refractivity contribution in [1.82, 2.24) is 19.6 Å². The number of carbonyl (C=O) groups is 1. The van der Waals surface area contributed by atoms with Crippen LogP contribution in [0.3, 0.4) is 0 Å². The maximum Gasteiger partial charge on any atom is 0.338 e. The summed E-state index contributed by atoms with van der Waals surface area (Å²) in [5, 5.41) is 25.1. The molecule has 1 aliphatic heterocycles. The second kappa shape index (κ2) is 10.5. The molecule has 1 N–H and O–H groups in total. The molecule has 1 aliphatic carbocycles. The van der Waals surface area contributed by atoms with Crippen molar-refractivity contribution in [2.24, 2.45) is 5.92 Å². The number of benzene rings is 1. The Labute approximate surface area is 232 Å². The number of aliphatic hydroxyl groups excluding tert-OH is 1. The van der Waals surface area contributed by atoms with E-state index in [0.717, 1.165) is 31.2 Å². The van der Waals surface area contributed by atoms with E-state index in [1.54, 1.807) is 42.9 Å². The lowest BCUT2D eigenvalue weighted by Crippen LogP contribution is -2.46. The predicted molar refractivity (Wildman–Crippen MR) is 144 cm³/mol. The summed E-state index contributed by atoms with van der Waals surface area (Å²) in [6, 6.07) is 5.53. The molecule has 9 nitrogen and oxygen atoms in total. The average Bonchev–Trinajstić information content (AvgIpc) is 3.60. The molecule has 1 unspecified atom stereocenters. The summed E-state index contributed by atoms with van der Waals surface area (Å²) in [6.45, 7) is 5.22. The molecule has 1 atom stereocenters. The number of halogens is 1. The third-order valence-electron chi connectivity index (χ3n) is 8.31. The first-order valence-corrected chi connectivity index (χ1v) is 13.7. The number of rotatable bonds is 8. The number of hydrogen-bond donors (Lipinski definition) is 1. The molecular weight excluding hydrogens is 513 g/mol. The molecule has 2 aliphatic rings. The van der Waals surface area contributed by atoms with E-state index in [1.807, 2.05) is 6.92 Å². The summed E-state index contributed by atoms with van der Waals surface area (Å²) in [6.07, 6.45) is 8.27. The zero-order chi connectivity index (χ0) is 28.7. The largest absolute Gasteiger partial charge is 0.512 e. The molecule has 1 fully saturated rings. The molecule has 0 amide bonds. The fraction of sp³-hybridized carbons (Fsp3) is 0.500. The van der Waals surface area contributed by atoms with Gasteiger partial charge in [0.05, 0.1) is 24.2 Å². The maximum atomic E-state index is 15.4. The molecule has 3 aromatic rings. The lowest BCUT2D eigenvalue weighted by Gasteiger charge is -2.42. The number of methoxy groups -OCH3 is 1. The van der Waals surface area contributed by atoms with Gasteiger partial charge < -0.3 is 14.6 Å². The number of aliphatic hydroxyl groups is 1. The van der Waals surface area contributed by atoms with Gasteiger partial charge in [0.1, 0.15) is 11.4 Å². The fourth-order valence-electron chi connectivity index (χ4n) is 6.04. The van der Waals surface area contributed by atoms with Crippen LogP contribution in [-0.4, -0.2) is 43.4 Å². The van der Waals surface area contributed by atoms with Crippen LogP contribution in [0.5, 0.6) is 5.75 Å². The first kappa shape index (κ1) is 27.6. The normalized spacial score (nSPS) is 20.1. The van der Waals surface area contributed by atoms with E-state index >= 15 is 4.39 Å². The van der Waals surface area contributed by atoms with Gasteiger partial charge >= 0.3 is 5.97 Å². The third kappa shape index (κ3) is 5.01. The number of carbonyl (C=O) groups excluding carboxylic acids is 1. The Balaban J connectivity index is 1.42. The van der Waals surface area contributed by atoms with Gasteiger partial charge in [-0.05, 0) is 63.5 Å². The van der Waals surface area contributed by atoms with E-state index < -0.39 is 22.8 Å². The van der Waals surface area contributed by atoms with Crippen LogP contribution in [0.4, 0.5) is 4.39 Å². The van der Waals surface area contributed by atoms with Crippen molar-refractivity contribution in [1.29, 1.82) is 5.26 Å². The van der Waals surface area contributed by atoms with Gasteiger partial charge in [0.25, 0.3) is 5.78 Å². The summed E-state index contributed by atoms with van der Waals surface area (Å²) in [4.78, 5) is 22.0. The number of nitriles is 1. The lowest BCUT2D eigenvalue weighted by atomic mass is 9.76. The van der Waals surface area contributed by atoms with Gasteiger partial charge in [-0.25, -0.2) is 18.7 Å². The Kier molecular flexibility index (Phi) is 7.25. The first-order chi connectivity index (χ1) is 19.1. The van der Waals surface area contributed by atoms with Crippen molar-refractivity contribution in [3.63, 3.8) is 0 Å². The molecule has 0 spiro atoms. The highest BCUT2D eigenvalue weighted by Gasteiger charge is 2.48. The summed E-state index contributed by atoms with van der Waals surface area (Å²) in [5.74, 6) is -0.212. The predicted octanol–water partition coefficient (Wildman–Crippen LogP) is 5.24. The SMILES string of the molecule is COc1c(CCC2(C3CCCC3)CC(O)=C(Cc3nc4ncc(C)cn4n3)C(=O)O2)ccc(C(C)(C)C#N)c1F. The zero-order valence-corrected chi connectivity index (χ0v) is 23.3. The minimum absolute atomic E-state index is 0.0181. The van der Waals surface area contributed by atoms with E-state index in [1.165, 1.54) is 7.11 Å². The van der Waals surface area contributed by atoms with Gasteiger partial charge in [0.15, 0.2) is 17.4 Å². The third-order valence-corrected chi connectivity index (χ3v) is 8.31. The van der Waals surface area contributed by atoms with Crippen LogP contribution in [0.25, 0.3) is 5.78 Å². The molecule has 2 aromatic heterocycles. The summed E-state index contributed by atoms with van der Waals surface area (Å²) in [5.41, 5.74) is 0.0195. The molecular formula is C30H34FN5O4. The lowest BCUT2D eigenvalue weighted by molar-refractivity contribution is -0.167. The summed E-state index contributed by atoms with van der Waals surface area (Å²) < 4.78 is 28.6. The van der Waals surface area contributed by atoms with Gasteiger partial charge in [0, 0.05) is 30.8 Å². The van der Waals surface area contributed by atoms with Crippen LogP contribution in [-0.2, 0) is 27.8 Å². The molecule has 5 rings (SSSR count). The Hall–Kier alpha value is -4.00. The highest BCUT2D eigenvalue weighted by Crippen LogP contribution is 2.46. The number of aromatic nitrogens is 4. The van der Waals surface area contributed by atoms with Crippen LogP contribution in [0, 0.1) is 30.0 Å². The topological polar surface area (TPSA) is 123 Å². The second-order valence-corrected chi connectivity index (χ2v) is 11.5. The summed E-state index contributed by atoms with van der Waals surface area (Å²) in [7, 11) is 1.41. The molecule has 3 heterocycles. The number of aryl methyl sites for hydroxylation is 2. The van der Waals surface area contributed by atoms with E-state index in [4.69, 9.17) is 9.47 Å². The Bertz CT molecular complexity index is 1530. The smallest absolute Gasteiger partial charge is 0.338 e.